The van der Waals surface area contributed by atoms with Crippen LogP contribution in [0.5, 0.6) is 0 Å². The zero-order chi connectivity index (χ0) is 13.3. The SMILES string of the molecule is Cc1nc(-c2cccc(Cl)c2)nc(N)c1C(C)C. The predicted molar refractivity (Wildman–Crippen MR) is 75.7 cm³/mol. The third kappa shape index (κ3) is 2.46. The number of nitrogens with zero attached hydrogens (tertiary/aromatic N) is 2. The molecule has 1 aromatic heterocycles. The standard InChI is InChI=1S/C14H16ClN3/c1-8(2)12-9(3)17-14(18-13(12)16)10-5-4-6-11(15)7-10/h4-8H,1-3H3,(H2,16,17,18). The van der Waals surface area contributed by atoms with E-state index in [4.69, 9.17) is 17.3 Å². The maximum absolute atomic E-state index is 6.01. The van der Waals surface area contributed by atoms with E-state index < -0.39 is 0 Å². The van der Waals surface area contributed by atoms with E-state index in [9.17, 15) is 0 Å². The van der Waals surface area contributed by atoms with Crippen LogP contribution in [0, 0.1) is 6.92 Å². The fraction of sp³-hybridized carbons (Fsp3) is 0.286. The molecule has 1 heterocycles. The van der Waals surface area contributed by atoms with Gasteiger partial charge in [-0.15, -0.1) is 0 Å². The molecule has 0 aliphatic carbocycles. The largest absolute Gasteiger partial charge is 0.383 e. The average Bonchev–Trinajstić information content (AvgIpc) is 2.27. The van der Waals surface area contributed by atoms with E-state index in [0.717, 1.165) is 16.8 Å². The summed E-state index contributed by atoms with van der Waals surface area (Å²) < 4.78 is 0. The number of halogens is 1. The second kappa shape index (κ2) is 4.94. The first-order chi connectivity index (χ1) is 8.49. The van der Waals surface area contributed by atoms with Gasteiger partial charge in [0.2, 0.25) is 0 Å². The first kappa shape index (κ1) is 12.8. The number of nitrogen functional groups attached to an aromatic ring is 1. The Morgan fingerprint density at radius 3 is 2.50 bits per heavy atom. The second-order valence-electron chi connectivity index (χ2n) is 4.60. The minimum absolute atomic E-state index is 0.318. The first-order valence-electron chi connectivity index (χ1n) is 5.89. The lowest BCUT2D eigenvalue weighted by Gasteiger charge is -2.13. The number of aryl methyl sites for hydroxylation is 1. The minimum atomic E-state index is 0.318. The molecule has 0 amide bonds. The molecule has 2 rings (SSSR count). The first-order valence-corrected chi connectivity index (χ1v) is 6.26. The Hall–Kier alpha value is -1.61. The molecule has 94 valence electrons. The molecule has 0 unspecified atom stereocenters. The van der Waals surface area contributed by atoms with Gasteiger partial charge in [-0.3, -0.25) is 0 Å². The van der Waals surface area contributed by atoms with E-state index in [-0.39, 0.29) is 0 Å². The molecule has 0 bridgehead atoms. The summed E-state index contributed by atoms with van der Waals surface area (Å²) >= 11 is 5.97. The van der Waals surface area contributed by atoms with Gasteiger partial charge >= 0.3 is 0 Å². The summed E-state index contributed by atoms with van der Waals surface area (Å²) in [5.74, 6) is 1.49. The van der Waals surface area contributed by atoms with E-state index in [2.05, 4.69) is 23.8 Å². The molecule has 0 saturated carbocycles. The van der Waals surface area contributed by atoms with Crippen molar-refractivity contribution in [2.24, 2.45) is 0 Å². The maximum Gasteiger partial charge on any atom is 0.161 e. The van der Waals surface area contributed by atoms with Crippen molar-refractivity contribution in [2.75, 3.05) is 5.73 Å². The third-order valence-corrected chi connectivity index (χ3v) is 3.06. The van der Waals surface area contributed by atoms with Gasteiger partial charge < -0.3 is 5.73 Å². The summed E-state index contributed by atoms with van der Waals surface area (Å²) in [6.07, 6.45) is 0. The molecular formula is C14H16ClN3. The van der Waals surface area contributed by atoms with Gasteiger partial charge in [0.15, 0.2) is 5.82 Å². The molecule has 0 saturated heterocycles. The van der Waals surface area contributed by atoms with Crippen molar-refractivity contribution in [2.45, 2.75) is 26.7 Å². The van der Waals surface area contributed by atoms with Crippen LogP contribution in [0.25, 0.3) is 11.4 Å². The van der Waals surface area contributed by atoms with Crippen LogP contribution in [-0.4, -0.2) is 9.97 Å². The maximum atomic E-state index is 6.01. The topological polar surface area (TPSA) is 51.8 Å². The van der Waals surface area contributed by atoms with Crippen LogP contribution in [0.1, 0.15) is 31.0 Å². The lowest BCUT2D eigenvalue weighted by molar-refractivity contribution is 0.836. The van der Waals surface area contributed by atoms with E-state index in [0.29, 0.717) is 22.6 Å². The van der Waals surface area contributed by atoms with Gasteiger partial charge in [0, 0.05) is 21.8 Å². The molecule has 2 aromatic rings. The molecule has 2 N–H and O–H groups in total. The molecule has 4 heteroatoms. The Balaban J connectivity index is 2.55. The molecule has 0 atom stereocenters. The van der Waals surface area contributed by atoms with Gasteiger partial charge in [-0.2, -0.15) is 0 Å². The van der Waals surface area contributed by atoms with Crippen LogP contribution in [0.2, 0.25) is 5.02 Å². The molecule has 0 aliphatic heterocycles. The predicted octanol–water partition coefficient (Wildman–Crippen LogP) is 3.81. The number of rotatable bonds is 2. The highest BCUT2D eigenvalue weighted by Gasteiger charge is 2.13. The summed E-state index contributed by atoms with van der Waals surface area (Å²) in [4.78, 5) is 8.89. The summed E-state index contributed by atoms with van der Waals surface area (Å²) in [5.41, 5.74) is 8.83. The Kier molecular flexibility index (Phi) is 3.53. The van der Waals surface area contributed by atoms with Gasteiger partial charge in [-0.25, -0.2) is 9.97 Å². The van der Waals surface area contributed by atoms with Crippen molar-refractivity contribution in [1.82, 2.24) is 9.97 Å². The van der Waals surface area contributed by atoms with Crippen LogP contribution in [0.4, 0.5) is 5.82 Å². The van der Waals surface area contributed by atoms with Gasteiger partial charge in [-0.05, 0) is 25.0 Å². The van der Waals surface area contributed by atoms with E-state index in [1.165, 1.54) is 0 Å². The number of hydrogen-bond acceptors (Lipinski definition) is 3. The number of anilines is 1. The van der Waals surface area contributed by atoms with Crippen molar-refractivity contribution in [1.29, 1.82) is 0 Å². The molecule has 18 heavy (non-hydrogen) atoms. The fourth-order valence-electron chi connectivity index (χ4n) is 2.07. The van der Waals surface area contributed by atoms with Crippen molar-refractivity contribution in [3.05, 3.63) is 40.5 Å². The van der Waals surface area contributed by atoms with Crippen LogP contribution in [0.3, 0.4) is 0 Å². The smallest absolute Gasteiger partial charge is 0.161 e. The highest BCUT2D eigenvalue weighted by molar-refractivity contribution is 6.30. The van der Waals surface area contributed by atoms with E-state index in [1.54, 1.807) is 0 Å². The zero-order valence-electron chi connectivity index (χ0n) is 10.7. The highest BCUT2D eigenvalue weighted by Crippen LogP contribution is 2.27. The molecule has 0 radical (unpaired) electrons. The number of hydrogen-bond donors (Lipinski definition) is 1. The van der Waals surface area contributed by atoms with Crippen molar-refractivity contribution in [3.63, 3.8) is 0 Å². The Morgan fingerprint density at radius 2 is 1.94 bits per heavy atom. The van der Waals surface area contributed by atoms with E-state index in [1.807, 2.05) is 31.2 Å². The Morgan fingerprint density at radius 1 is 1.22 bits per heavy atom. The monoisotopic (exact) mass is 261 g/mol. The summed E-state index contributed by atoms with van der Waals surface area (Å²) in [5, 5.41) is 0.667. The van der Waals surface area contributed by atoms with E-state index >= 15 is 0 Å². The number of nitrogens with two attached hydrogens (primary N) is 1. The Bertz CT molecular complexity index is 556. The second-order valence-corrected chi connectivity index (χ2v) is 5.03. The zero-order valence-corrected chi connectivity index (χ0v) is 11.5. The lowest BCUT2D eigenvalue weighted by Crippen LogP contribution is -2.06. The van der Waals surface area contributed by atoms with Gasteiger partial charge in [-0.1, -0.05) is 37.6 Å². The number of aromatic nitrogens is 2. The number of benzene rings is 1. The fourth-order valence-corrected chi connectivity index (χ4v) is 2.26. The molecule has 3 nitrogen and oxygen atoms in total. The summed E-state index contributed by atoms with van der Waals surface area (Å²) in [6, 6.07) is 7.46. The van der Waals surface area contributed by atoms with Crippen molar-refractivity contribution in [3.8, 4) is 11.4 Å². The molecule has 0 spiro atoms. The van der Waals surface area contributed by atoms with Crippen molar-refractivity contribution < 1.29 is 0 Å². The van der Waals surface area contributed by atoms with Crippen LogP contribution >= 0.6 is 11.6 Å². The van der Waals surface area contributed by atoms with Crippen molar-refractivity contribution >= 4 is 17.4 Å². The minimum Gasteiger partial charge on any atom is -0.383 e. The summed E-state index contributed by atoms with van der Waals surface area (Å²) in [7, 11) is 0. The highest BCUT2D eigenvalue weighted by atomic mass is 35.5. The molecule has 0 fully saturated rings. The lowest BCUT2D eigenvalue weighted by atomic mass is 10.0. The average molecular weight is 262 g/mol. The quantitative estimate of drug-likeness (QED) is 0.894. The van der Waals surface area contributed by atoms with Crippen LogP contribution in [-0.2, 0) is 0 Å². The molecule has 1 aromatic carbocycles. The van der Waals surface area contributed by atoms with Gasteiger partial charge in [0.05, 0.1) is 0 Å². The van der Waals surface area contributed by atoms with Gasteiger partial charge in [0.1, 0.15) is 5.82 Å². The molecular weight excluding hydrogens is 246 g/mol. The normalized spacial score (nSPS) is 10.9. The molecule has 0 aliphatic rings. The summed E-state index contributed by atoms with van der Waals surface area (Å²) in [6.45, 7) is 6.13. The van der Waals surface area contributed by atoms with Gasteiger partial charge in [0.25, 0.3) is 0 Å². The van der Waals surface area contributed by atoms with Crippen LogP contribution < -0.4 is 5.73 Å². The Labute approximate surface area is 112 Å². The van der Waals surface area contributed by atoms with Crippen LogP contribution in [0.15, 0.2) is 24.3 Å². The third-order valence-electron chi connectivity index (χ3n) is 2.83.